The highest BCUT2D eigenvalue weighted by Crippen LogP contribution is 2.19. The van der Waals surface area contributed by atoms with E-state index in [0.29, 0.717) is 25.9 Å². The van der Waals surface area contributed by atoms with Crippen molar-refractivity contribution in [2.45, 2.75) is 12.8 Å². The van der Waals surface area contributed by atoms with Gasteiger partial charge in [-0.05, 0) is 18.1 Å². The van der Waals surface area contributed by atoms with E-state index in [0.717, 1.165) is 28.3 Å². The van der Waals surface area contributed by atoms with Gasteiger partial charge in [0.1, 0.15) is 5.75 Å². The Hall–Kier alpha value is -3.28. The fourth-order valence-corrected chi connectivity index (χ4v) is 2.75. The van der Waals surface area contributed by atoms with Crippen LogP contribution in [0.1, 0.15) is 11.3 Å². The Morgan fingerprint density at radius 1 is 1.00 bits per heavy atom. The van der Waals surface area contributed by atoms with Crippen LogP contribution in [-0.4, -0.2) is 31.4 Å². The number of aromatic nitrogens is 1. The van der Waals surface area contributed by atoms with Crippen LogP contribution in [0.3, 0.4) is 0 Å². The third-order valence-corrected chi connectivity index (χ3v) is 4.16. The highest BCUT2D eigenvalue weighted by Gasteiger charge is 2.07. The standard InChI is InChI=1S/C21H23N3O3/c1-26-19-10-6-5-9-17(19)11-13-22-21(25)23-14-12-18-15-20(27-24-18)16-7-3-2-4-8-16/h2-10,15H,11-14H2,1H3,(H2,22,23,25). The molecule has 1 heterocycles. The number of hydrogen-bond donors (Lipinski definition) is 2. The molecule has 1 aromatic heterocycles. The molecule has 2 amide bonds. The first-order valence-electron chi connectivity index (χ1n) is 8.91. The molecule has 2 aromatic carbocycles. The molecule has 6 heteroatoms. The van der Waals surface area contributed by atoms with Gasteiger partial charge in [-0.25, -0.2) is 4.79 Å². The number of carbonyl (C=O) groups excluding carboxylic acids is 1. The molecule has 0 bridgehead atoms. The Labute approximate surface area is 158 Å². The lowest BCUT2D eigenvalue weighted by atomic mass is 10.1. The van der Waals surface area contributed by atoms with Crippen molar-refractivity contribution in [3.05, 3.63) is 71.9 Å². The topological polar surface area (TPSA) is 76.4 Å². The zero-order chi connectivity index (χ0) is 18.9. The number of ether oxygens (including phenoxy) is 1. The summed E-state index contributed by atoms with van der Waals surface area (Å²) in [6.07, 6.45) is 1.32. The first kappa shape index (κ1) is 18.5. The summed E-state index contributed by atoms with van der Waals surface area (Å²) in [5, 5.41) is 9.73. The maximum Gasteiger partial charge on any atom is 0.314 e. The van der Waals surface area contributed by atoms with E-state index >= 15 is 0 Å². The number of methoxy groups -OCH3 is 1. The molecule has 0 aliphatic rings. The summed E-state index contributed by atoms with van der Waals surface area (Å²) in [7, 11) is 1.64. The summed E-state index contributed by atoms with van der Waals surface area (Å²) >= 11 is 0. The van der Waals surface area contributed by atoms with Crippen molar-refractivity contribution < 1.29 is 14.1 Å². The van der Waals surface area contributed by atoms with E-state index < -0.39 is 0 Å². The number of nitrogens with zero attached hydrogens (tertiary/aromatic N) is 1. The molecule has 0 unspecified atom stereocenters. The normalized spacial score (nSPS) is 10.4. The second-order valence-electron chi connectivity index (χ2n) is 6.04. The third kappa shape index (κ3) is 5.34. The van der Waals surface area contributed by atoms with E-state index in [4.69, 9.17) is 9.26 Å². The van der Waals surface area contributed by atoms with Gasteiger partial charge in [-0.15, -0.1) is 0 Å². The Bertz CT molecular complexity index is 862. The lowest BCUT2D eigenvalue weighted by Gasteiger charge is -2.09. The number of hydrogen-bond acceptors (Lipinski definition) is 4. The molecule has 3 aromatic rings. The Morgan fingerprint density at radius 3 is 2.48 bits per heavy atom. The summed E-state index contributed by atoms with van der Waals surface area (Å²) in [5.41, 5.74) is 2.86. The molecule has 2 N–H and O–H groups in total. The van der Waals surface area contributed by atoms with Gasteiger partial charge in [0.2, 0.25) is 0 Å². The number of nitrogens with one attached hydrogen (secondary N) is 2. The largest absolute Gasteiger partial charge is 0.496 e. The summed E-state index contributed by atoms with van der Waals surface area (Å²) in [6, 6.07) is 19.3. The quantitative estimate of drug-likeness (QED) is 0.641. The fourth-order valence-electron chi connectivity index (χ4n) is 2.75. The van der Waals surface area contributed by atoms with Crippen molar-refractivity contribution in [1.82, 2.24) is 15.8 Å². The average Bonchev–Trinajstić information content (AvgIpc) is 3.18. The lowest BCUT2D eigenvalue weighted by molar-refractivity contribution is 0.241. The lowest BCUT2D eigenvalue weighted by Crippen LogP contribution is -2.37. The van der Waals surface area contributed by atoms with E-state index in [1.165, 1.54) is 0 Å². The van der Waals surface area contributed by atoms with Crippen LogP contribution in [0.25, 0.3) is 11.3 Å². The van der Waals surface area contributed by atoms with Gasteiger partial charge in [0.15, 0.2) is 5.76 Å². The van der Waals surface area contributed by atoms with Crippen LogP contribution < -0.4 is 15.4 Å². The van der Waals surface area contributed by atoms with E-state index in [1.54, 1.807) is 7.11 Å². The molecule has 0 radical (unpaired) electrons. The molecule has 140 valence electrons. The van der Waals surface area contributed by atoms with E-state index in [1.807, 2.05) is 60.7 Å². The van der Waals surface area contributed by atoms with Gasteiger partial charge in [-0.1, -0.05) is 53.7 Å². The SMILES string of the molecule is COc1ccccc1CCNC(=O)NCCc1cc(-c2ccccc2)on1. The Kier molecular flexibility index (Phi) is 6.46. The van der Waals surface area contributed by atoms with E-state index in [-0.39, 0.29) is 6.03 Å². The molecule has 0 atom stereocenters. The summed E-state index contributed by atoms with van der Waals surface area (Å²) in [5.74, 6) is 1.56. The van der Waals surface area contributed by atoms with Gasteiger partial charge < -0.3 is 19.9 Å². The summed E-state index contributed by atoms with van der Waals surface area (Å²) in [4.78, 5) is 11.9. The molecule has 0 spiro atoms. The molecule has 0 aliphatic heterocycles. The number of carbonyl (C=O) groups is 1. The minimum atomic E-state index is -0.198. The zero-order valence-electron chi connectivity index (χ0n) is 15.3. The Balaban J connectivity index is 1.38. The van der Waals surface area contributed by atoms with Crippen LogP contribution in [0.5, 0.6) is 5.75 Å². The fraction of sp³-hybridized carbons (Fsp3) is 0.238. The van der Waals surface area contributed by atoms with Gasteiger partial charge in [0, 0.05) is 31.1 Å². The summed E-state index contributed by atoms with van der Waals surface area (Å²) < 4.78 is 10.7. The molecule has 0 saturated heterocycles. The number of amides is 2. The van der Waals surface area contributed by atoms with Gasteiger partial charge in [-0.2, -0.15) is 0 Å². The van der Waals surface area contributed by atoms with Crippen LogP contribution in [0.4, 0.5) is 4.79 Å². The number of para-hydroxylation sites is 1. The van der Waals surface area contributed by atoms with E-state index in [2.05, 4.69) is 15.8 Å². The molecule has 0 saturated carbocycles. The van der Waals surface area contributed by atoms with Crippen LogP contribution in [0.2, 0.25) is 0 Å². The van der Waals surface area contributed by atoms with Crippen molar-refractivity contribution in [1.29, 1.82) is 0 Å². The highest BCUT2D eigenvalue weighted by atomic mass is 16.5. The molecule has 0 aliphatic carbocycles. The van der Waals surface area contributed by atoms with Crippen molar-refractivity contribution >= 4 is 6.03 Å². The van der Waals surface area contributed by atoms with E-state index in [9.17, 15) is 4.79 Å². The van der Waals surface area contributed by atoms with Gasteiger partial charge in [-0.3, -0.25) is 0 Å². The van der Waals surface area contributed by atoms with Crippen LogP contribution in [-0.2, 0) is 12.8 Å². The van der Waals surface area contributed by atoms with Crippen molar-refractivity contribution in [3.63, 3.8) is 0 Å². The minimum absolute atomic E-state index is 0.198. The maximum atomic E-state index is 11.9. The first-order chi connectivity index (χ1) is 13.3. The molecular formula is C21H23N3O3. The smallest absolute Gasteiger partial charge is 0.314 e. The van der Waals surface area contributed by atoms with Gasteiger partial charge >= 0.3 is 6.03 Å². The monoisotopic (exact) mass is 365 g/mol. The number of urea groups is 1. The first-order valence-corrected chi connectivity index (χ1v) is 8.91. The zero-order valence-corrected chi connectivity index (χ0v) is 15.3. The number of rotatable bonds is 8. The molecule has 27 heavy (non-hydrogen) atoms. The van der Waals surface area contributed by atoms with Crippen LogP contribution in [0.15, 0.2) is 65.2 Å². The molecule has 3 rings (SSSR count). The minimum Gasteiger partial charge on any atom is -0.496 e. The average molecular weight is 365 g/mol. The van der Waals surface area contributed by atoms with Crippen LogP contribution in [0, 0.1) is 0 Å². The van der Waals surface area contributed by atoms with Gasteiger partial charge in [0.25, 0.3) is 0 Å². The summed E-state index contributed by atoms with van der Waals surface area (Å²) in [6.45, 7) is 1.02. The Morgan fingerprint density at radius 2 is 1.70 bits per heavy atom. The van der Waals surface area contributed by atoms with Crippen LogP contribution >= 0.6 is 0 Å². The molecule has 6 nitrogen and oxygen atoms in total. The second kappa shape index (κ2) is 9.43. The molecular weight excluding hydrogens is 342 g/mol. The van der Waals surface area contributed by atoms with Crippen molar-refractivity contribution in [3.8, 4) is 17.1 Å². The highest BCUT2D eigenvalue weighted by molar-refractivity contribution is 5.73. The predicted octanol–water partition coefficient (Wildman–Crippen LogP) is 3.43. The maximum absolute atomic E-state index is 11.9. The van der Waals surface area contributed by atoms with Gasteiger partial charge in [0.05, 0.1) is 12.8 Å². The third-order valence-electron chi connectivity index (χ3n) is 4.16. The molecule has 0 fully saturated rings. The van der Waals surface area contributed by atoms with Crippen molar-refractivity contribution in [2.24, 2.45) is 0 Å². The predicted molar refractivity (Wildman–Crippen MR) is 104 cm³/mol. The second-order valence-corrected chi connectivity index (χ2v) is 6.04. The number of benzene rings is 2. The van der Waals surface area contributed by atoms with Crippen molar-refractivity contribution in [2.75, 3.05) is 20.2 Å².